The van der Waals surface area contributed by atoms with Crippen LogP contribution in [0.3, 0.4) is 0 Å². The Bertz CT molecular complexity index is 5760. The molecule has 0 N–H and O–H groups in total. The molecule has 0 saturated heterocycles. The maximum absolute atomic E-state index is 6.04. The second-order valence-corrected chi connectivity index (χ2v) is 32.4. The van der Waals surface area contributed by atoms with E-state index in [1.807, 2.05) is 0 Å². The lowest BCUT2D eigenvalue weighted by molar-refractivity contribution is 0.954. The molecule has 0 spiro atoms. The highest BCUT2D eigenvalue weighted by atomic mass is 28.3. The van der Waals surface area contributed by atoms with Crippen LogP contribution in [0.25, 0.3) is 105 Å². The van der Waals surface area contributed by atoms with Crippen molar-refractivity contribution in [2.45, 2.75) is 0 Å². The zero-order valence-corrected chi connectivity index (χ0v) is 54.0. The van der Waals surface area contributed by atoms with Crippen molar-refractivity contribution in [3.05, 3.63) is 370 Å². The monoisotopic (exact) mass is 1240 g/mol. The fourth-order valence-corrected chi connectivity index (χ4v) is 25.3. The van der Waals surface area contributed by atoms with Crippen LogP contribution in [-0.2, 0) is 0 Å². The average Bonchev–Trinajstić information content (AvgIpc) is 1.59. The van der Waals surface area contributed by atoms with Gasteiger partial charge in [0.15, 0.2) is 16.1 Å². The number of hydrogen-bond acceptors (Lipinski definition) is 2. The number of fused-ring (bicyclic) bond motifs is 10. The van der Waals surface area contributed by atoms with Crippen molar-refractivity contribution in [2.24, 2.45) is 0 Å². The molecule has 4 heterocycles. The third kappa shape index (κ3) is 8.89. The second kappa shape index (κ2) is 23.0. The zero-order valence-electron chi connectivity index (χ0n) is 52.0. The van der Waals surface area contributed by atoms with Crippen LogP contribution in [0.1, 0.15) is 0 Å². The van der Waals surface area contributed by atoms with Crippen molar-refractivity contribution in [1.29, 1.82) is 0 Å². The first-order valence-electron chi connectivity index (χ1n) is 32.6. The highest BCUT2D eigenvalue weighted by Gasteiger charge is 2.43. The Labute approximate surface area is 553 Å². The van der Waals surface area contributed by atoms with Crippen LogP contribution in [0, 0.1) is 0 Å². The maximum Gasteiger partial charge on any atom is 0.237 e. The lowest BCUT2D eigenvalue weighted by atomic mass is 10.1. The van der Waals surface area contributed by atoms with Crippen molar-refractivity contribution >= 4 is 123 Å². The van der Waals surface area contributed by atoms with Crippen LogP contribution in [0.2, 0.25) is 0 Å². The summed E-state index contributed by atoms with van der Waals surface area (Å²) < 4.78 is 7.20. The highest BCUT2D eigenvalue weighted by molar-refractivity contribution is 7.20. The van der Waals surface area contributed by atoms with Gasteiger partial charge in [-0.05, 0) is 95.1 Å². The van der Waals surface area contributed by atoms with Gasteiger partial charge in [-0.25, -0.2) is 4.98 Å². The predicted molar refractivity (Wildman–Crippen MR) is 403 cm³/mol. The summed E-state index contributed by atoms with van der Waals surface area (Å²) in [6, 6.07) is 137. The summed E-state index contributed by atoms with van der Waals surface area (Å²) in [4.78, 5) is 12.0. The quantitative estimate of drug-likeness (QED) is 0.0853. The van der Waals surface area contributed by atoms with Gasteiger partial charge in [-0.1, -0.05) is 322 Å². The lowest BCUT2D eigenvalue weighted by Crippen LogP contribution is -2.74. The minimum Gasteiger partial charge on any atom is -0.309 e. The Kier molecular flexibility index (Phi) is 13.5. The molecule has 5 nitrogen and oxygen atoms in total. The van der Waals surface area contributed by atoms with Gasteiger partial charge in [0, 0.05) is 49.6 Å². The molecule has 14 aromatic carbocycles. The lowest BCUT2D eigenvalue weighted by Gasteiger charge is -2.35. The standard InChI is InChI=1S/C88H61N5Si2/c1-8-30-62(31-9-1)63-32-28-46-71(58-63)95(69-42-18-6-19-43-69,70-44-20-7-21-45-70)72-47-29-33-64(59-72)79-61-85(90-88(89-79)93-81-52-26-23-49-75(81)77-56-57-83-86(87(77)93)78-50-24-27-53-82(78)91(83)65-34-10-2-11-35-65)92-80-51-25-22-48-74(80)76-55-54-73(60-84(76)92)94(66-36-12-3-13-37-66,67-38-14-4-15-39-67)68-40-16-5-17-41-68/h1-61H. The van der Waals surface area contributed by atoms with Gasteiger partial charge < -0.3 is 4.57 Å². The fourth-order valence-electron chi connectivity index (χ4n) is 15.7. The second-order valence-electron chi connectivity index (χ2n) is 24.8. The Morgan fingerprint density at radius 2 is 0.611 bits per heavy atom. The van der Waals surface area contributed by atoms with Crippen molar-refractivity contribution in [3.63, 3.8) is 0 Å². The summed E-state index contributed by atoms with van der Waals surface area (Å²) in [6.07, 6.45) is 0. The van der Waals surface area contributed by atoms with Gasteiger partial charge in [0.2, 0.25) is 5.95 Å². The molecule has 0 amide bonds. The molecule has 0 fully saturated rings. The van der Waals surface area contributed by atoms with Crippen LogP contribution < -0.4 is 41.5 Å². The van der Waals surface area contributed by atoms with Crippen LogP contribution in [0.15, 0.2) is 370 Å². The van der Waals surface area contributed by atoms with Crippen molar-refractivity contribution in [1.82, 2.24) is 23.7 Å². The molecule has 0 radical (unpaired) electrons. The van der Waals surface area contributed by atoms with E-state index in [2.05, 4.69) is 384 Å². The molecule has 0 aliphatic carbocycles. The molecular weight excluding hydrogens is 1180 g/mol. The first-order chi connectivity index (χ1) is 47.1. The average molecular weight is 1240 g/mol. The molecule has 0 unspecified atom stereocenters. The van der Waals surface area contributed by atoms with Gasteiger partial charge in [-0.3, -0.25) is 9.13 Å². The van der Waals surface area contributed by atoms with Crippen LogP contribution in [-0.4, -0.2) is 39.8 Å². The van der Waals surface area contributed by atoms with Crippen molar-refractivity contribution in [3.8, 4) is 39.8 Å². The maximum atomic E-state index is 6.04. The first-order valence-corrected chi connectivity index (χ1v) is 36.6. The minimum atomic E-state index is -3.15. The third-order valence-corrected chi connectivity index (χ3v) is 29.3. The normalized spacial score (nSPS) is 12.0. The topological polar surface area (TPSA) is 40.6 Å². The molecule has 95 heavy (non-hydrogen) atoms. The molecule has 18 rings (SSSR count). The predicted octanol–water partition coefficient (Wildman–Crippen LogP) is 15.9. The van der Waals surface area contributed by atoms with Gasteiger partial charge in [0.05, 0.1) is 38.8 Å². The van der Waals surface area contributed by atoms with E-state index in [1.54, 1.807) is 0 Å². The molecular formula is C88H61N5Si2. The molecule has 18 aromatic rings. The van der Waals surface area contributed by atoms with E-state index < -0.39 is 16.1 Å². The molecule has 7 heteroatoms. The number of hydrogen-bond donors (Lipinski definition) is 0. The van der Waals surface area contributed by atoms with E-state index in [0.29, 0.717) is 5.95 Å². The summed E-state index contributed by atoms with van der Waals surface area (Å²) in [5, 5.41) is 17.2. The van der Waals surface area contributed by atoms with E-state index in [9.17, 15) is 0 Å². The van der Waals surface area contributed by atoms with Gasteiger partial charge in [-0.15, -0.1) is 0 Å². The molecule has 4 aromatic heterocycles. The Morgan fingerprint density at radius 1 is 0.221 bits per heavy atom. The van der Waals surface area contributed by atoms with Gasteiger partial charge >= 0.3 is 0 Å². The fraction of sp³-hybridized carbons (Fsp3) is 0. The molecule has 0 aliphatic heterocycles. The summed E-state index contributed by atoms with van der Waals surface area (Å²) in [7, 11) is -6.17. The smallest absolute Gasteiger partial charge is 0.237 e. The highest BCUT2D eigenvalue weighted by Crippen LogP contribution is 2.43. The van der Waals surface area contributed by atoms with Gasteiger partial charge in [0.1, 0.15) is 5.82 Å². The minimum absolute atomic E-state index is 0.576. The SMILES string of the molecule is c1ccc(-c2cccc([Si](c3ccccc3)(c3ccccc3)c3cccc(-c4cc(-n5c6ccccc6c6ccc([Si](c7ccccc7)(c7ccccc7)c7ccccc7)cc65)nc(-n5c6ccccc6c6ccc7c(c8ccccc8n7-c7ccccc7)c65)n4)c3)c2)cc1. The van der Waals surface area contributed by atoms with E-state index in [4.69, 9.17) is 9.97 Å². The van der Waals surface area contributed by atoms with Crippen molar-refractivity contribution in [2.75, 3.05) is 0 Å². The number of nitrogens with zero attached hydrogens (tertiary/aromatic N) is 5. The van der Waals surface area contributed by atoms with Gasteiger partial charge in [-0.2, -0.15) is 4.98 Å². The summed E-state index contributed by atoms with van der Waals surface area (Å²) in [5.74, 6) is 1.34. The molecule has 0 saturated carbocycles. The van der Waals surface area contributed by atoms with Crippen LogP contribution in [0.4, 0.5) is 0 Å². The molecule has 0 atom stereocenters. The van der Waals surface area contributed by atoms with Gasteiger partial charge in [0.25, 0.3) is 0 Å². The number of aromatic nitrogens is 5. The molecule has 0 aliphatic rings. The number of rotatable bonds is 13. The van der Waals surface area contributed by atoms with E-state index in [-0.39, 0.29) is 0 Å². The largest absolute Gasteiger partial charge is 0.309 e. The molecule has 446 valence electrons. The zero-order chi connectivity index (χ0) is 62.9. The van der Waals surface area contributed by atoms with Crippen LogP contribution in [0.5, 0.6) is 0 Å². The van der Waals surface area contributed by atoms with E-state index >= 15 is 0 Å². The third-order valence-electron chi connectivity index (χ3n) is 19.7. The summed E-state index contributed by atoms with van der Waals surface area (Å²) >= 11 is 0. The summed E-state index contributed by atoms with van der Waals surface area (Å²) in [6.45, 7) is 0. The van der Waals surface area contributed by atoms with E-state index in [0.717, 1.165) is 88.2 Å². The molecule has 0 bridgehead atoms. The van der Waals surface area contributed by atoms with Crippen LogP contribution >= 0.6 is 0 Å². The van der Waals surface area contributed by atoms with Crippen molar-refractivity contribution < 1.29 is 0 Å². The Hall–Kier alpha value is -12.0. The number of benzene rings is 14. The summed E-state index contributed by atoms with van der Waals surface area (Å²) in [5.41, 5.74) is 11.7. The Morgan fingerprint density at radius 3 is 1.17 bits per heavy atom. The number of para-hydroxylation sites is 4. The first kappa shape index (κ1) is 55.8. The Balaban J connectivity index is 0.960. The van der Waals surface area contributed by atoms with E-state index in [1.165, 1.54) is 52.6 Å².